The first kappa shape index (κ1) is 12.3. The highest BCUT2D eigenvalue weighted by Gasteiger charge is 2.33. The van der Waals surface area contributed by atoms with E-state index in [9.17, 15) is 8.42 Å². The van der Waals surface area contributed by atoms with Crippen molar-refractivity contribution >= 4 is 15.7 Å². The van der Waals surface area contributed by atoms with E-state index in [-0.39, 0.29) is 16.1 Å². The van der Waals surface area contributed by atoms with Gasteiger partial charge in [-0.2, -0.15) is 0 Å². The number of pyridine rings is 1. The summed E-state index contributed by atoms with van der Waals surface area (Å²) in [4.78, 5) is 3.82. The number of rotatable bonds is 4. The Balaban J connectivity index is 2.12. The Morgan fingerprint density at radius 1 is 1.53 bits per heavy atom. The van der Waals surface area contributed by atoms with Crippen molar-refractivity contribution in [2.45, 2.75) is 31.2 Å². The molecule has 0 atom stereocenters. The Morgan fingerprint density at radius 2 is 2.24 bits per heavy atom. The summed E-state index contributed by atoms with van der Waals surface area (Å²) in [7, 11) is -3.59. The number of aromatic nitrogens is 1. The van der Waals surface area contributed by atoms with Gasteiger partial charge in [0.2, 0.25) is 0 Å². The van der Waals surface area contributed by atoms with Crippen LogP contribution in [-0.2, 0) is 10.0 Å². The highest BCUT2D eigenvalue weighted by atomic mass is 32.2. The Kier molecular flexibility index (Phi) is 3.09. The van der Waals surface area contributed by atoms with E-state index in [0.29, 0.717) is 6.54 Å². The summed E-state index contributed by atoms with van der Waals surface area (Å²) in [5.74, 6) is 0. The lowest BCUT2D eigenvalue weighted by Gasteiger charge is -2.38. The van der Waals surface area contributed by atoms with Crippen LogP contribution < -0.4 is 10.5 Å². The van der Waals surface area contributed by atoms with Crippen LogP contribution in [0.15, 0.2) is 23.4 Å². The summed E-state index contributed by atoms with van der Waals surface area (Å²) in [6, 6.07) is 3.15. The van der Waals surface area contributed by atoms with Crippen LogP contribution in [-0.4, -0.2) is 19.9 Å². The molecule has 1 aliphatic carbocycles. The van der Waals surface area contributed by atoms with Crippen LogP contribution >= 0.6 is 0 Å². The first-order valence-electron chi connectivity index (χ1n) is 5.63. The van der Waals surface area contributed by atoms with Gasteiger partial charge in [0.05, 0.1) is 5.69 Å². The normalized spacial score (nSPS) is 18.6. The van der Waals surface area contributed by atoms with E-state index in [1.54, 1.807) is 6.07 Å². The van der Waals surface area contributed by atoms with E-state index < -0.39 is 10.0 Å². The predicted octanol–water partition coefficient (Wildman–Crippen LogP) is 1.13. The van der Waals surface area contributed by atoms with E-state index in [1.165, 1.54) is 18.7 Å². The maximum Gasteiger partial charge on any atom is 0.260 e. The van der Waals surface area contributed by atoms with Crippen LogP contribution in [0.5, 0.6) is 0 Å². The van der Waals surface area contributed by atoms with Gasteiger partial charge in [-0.1, -0.05) is 13.3 Å². The number of sulfonamides is 1. The number of nitrogen functional groups attached to an aromatic ring is 1. The maximum absolute atomic E-state index is 12.0. The van der Waals surface area contributed by atoms with Crippen molar-refractivity contribution in [3.63, 3.8) is 0 Å². The second-order valence-electron chi connectivity index (χ2n) is 4.89. The molecule has 0 amide bonds. The van der Waals surface area contributed by atoms with Gasteiger partial charge in [0.1, 0.15) is 0 Å². The topological polar surface area (TPSA) is 85.1 Å². The minimum atomic E-state index is -3.59. The van der Waals surface area contributed by atoms with E-state index >= 15 is 0 Å². The molecule has 1 aliphatic rings. The molecule has 0 unspecified atom stereocenters. The average Bonchev–Trinajstić information content (AvgIpc) is 2.24. The minimum Gasteiger partial charge on any atom is -0.396 e. The fourth-order valence-corrected chi connectivity index (χ4v) is 3.18. The SMILES string of the molecule is CC1(CNS(=O)(=O)c2ncccc2N)CCC1. The van der Waals surface area contributed by atoms with E-state index in [4.69, 9.17) is 5.73 Å². The third kappa shape index (κ3) is 2.58. The van der Waals surface area contributed by atoms with Crippen molar-refractivity contribution in [3.05, 3.63) is 18.3 Å². The Hall–Kier alpha value is -1.14. The van der Waals surface area contributed by atoms with Gasteiger partial charge in [-0.05, 0) is 30.4 Å². The van der Waals surface area contributed by atoms with Crippen LogP contribution in [0.3, 0.4) is 0 Å². The van der Waals surface area contributed by atoms with Crippen LogP contribution in [0.2, 0.25) is 0 Å². The van der Waals surface area contributed by atoms with Crippen molar-refractivity contribution in [3.8, 4) is 0 Å². The molecule has 0 saturated heterocycles. The summed E-state index contributed by atoms with van der Waals surface area (Å²) >= 11 is 0. The molecule has 0 aromatic carbocycles. The Morgan fingerprint density at radius 3 is 2.76 bits per heavy atom. The molecule has 5 nitrogen and oxygen atoms in total. The number of nitrogens with two attached hydrogens (primary N) is 1. The van der Waals surface area contributed by atoms with Crippen molar-refractivity contribution in [2.75, 3.05) is 12.3 Å². The first-order chi connectivity index (χ1) is 7.93. The third-order valence-corrected chi connectivity index (χ3v) is 4.68. The molecule has 0 bridgehead atoms. The zero-order valence-corrected chi connectivity index (χ0v) is 10.6. The molecule has 0 aliphatic heterocycles. The third-order valence-electron chi connectivity index (χ3n) is 3.30. The van der Waals surface area contributed by atoms with Gasteiger partial charge in [0.15, 0.2) is 5.03 Å². The second-order valence-corrected chi connectivity index (χ2v) is 6.57. The molecule has 2 rings (SSSR count). The summed E-state index contributed by atoms with van der Waals surface area (Å²) in [6.07, 6.45) is 4.72. The van der Waals surface area contributed by atoms with Crippen LogP contribution in [0, 0.1) is 5.41 Å². The van der Waals surface area contributed by atoms with Gasteiger partial charge in [-0.25, -0.2) is 18.1 Å². The predicted molar refractivity (Wildman–Crippen MR) is 65.8 cm³/mol. The molecule has 94 valence electrons. The second kappa shape index (κ2) is 4.27. The summed E-state index contributed by atoms with van der Waals surface area (Å²) in [5.41, 5.74) is 5.88. The number of hydrogen-bond acceptors (Lipinski definition) is 4. The fraction of sp³-hybridized carbons (Fsp3) is 0.545. The highest BCUT2D eigenvalue weighted by molar-refractivity contribution is 7.89. The molecule has 0 radical (unpaired) electrons. The lowest BCUT2D eigenvalue weighted by Crippen LogP contribution is -2.40. The number of nitrogens with zero attached hydrogens (tertiary/aromatic N) is 1. The van der Waals surface area contributed by atoms with Crippen molar-refractivity contribution < 1.29 is 8.42 Å². The fourth-order valence-electron chi connectivity index (χ4n) is 1.92. The Labute approximate surface area is 101 Å². The monoisotopic (exact) mass is 255 g/mol. The maximum atomic E-state index is 12.0. The van der Waals surface area contributed by atoms with E-state index in [2.05, 4.69) is 16.6 Å². The lowest BCUT2D eigenvalue weighted by molar-refractivity contribution is 0.166. The molecular weight excluding hydrogens is 238 g/mol. The molecule has 3 N–H and O–H groups in total. The standard InChI is InChI=1S/C11H17N3O2S/c1-11(5-3-6-11)8-14-17(15,16)10-9(12)4-2-7-13-10/h2,4,7,14H,3,5-6,8,12H2,1H3. The Bertz CT molecular complexity index is 509. The zero-order valence-electron chi connectivity index (χ0n) is 9.81. The van der Waals surface area contributed by atoms with E-state index in [1.807, 2.05) is 0 Å². The number of hydrogen-bond donors (Lipinski definition) is 2. The molecule has 1 saturated carbocycles. The van der Waals surface area contributed by atoms with Crippen molar-refractivity contribution in [1.29, 1.82) is 0 Å². The summed E-state index contributed by atoms with van der Waals surface area (Å²) < 4.78 is 26.6. The van der Waals surface area contributed by atoms with Crippen LogP contribution in [0.1, 0.15) is 26.2 Å². The molecular formula is C11H17N3O2S. The average molecular weight is 255 g/mol. The largest absolute Gasteiger partial charge is 0.396 e. The lowest BCUT2D eigenvalue weighted by atomic mass is 9.71. The molecule has 1 aromatic rings. The molecule has 1 heterocycles. The molecule has 1 aromatic heterocycles. The quantitative estimate of drug-likeness (QED) is 0.844. The van der Waals surface area contributed by atoms with Crippen LogP contribution in [0.25, 0.3) is 0 Å². The number of anilines is 1. The number of nitrogens with one attached hydrogen (secondary N) is 1. The van der Waals surface area contributed by atoms with Crippen molar-refractivity contribution in [1.82, 2.24) is 9.71 Å². The van der Waals surface area contributed by atoms with Gasteiger partial charge >= 0.3 is 0 Å². The smallest absolute Gasteiger partial charge is 0.260 e. The zero-order chi connectivity index (χ0) is 12.5. The van der Waals surface area contributed by atoms with Gasteiger partial charge < -0.3 is 5.73 Å². The molecule has 6 heteroatoms. The van der Waals surface area contributed by atoms with Crippen LogP contribution in [0.4, 0.5) is 5.69 Å². The van der Waals surface area contributed by atoms with Gasteiger partial charge in [0, 0.05) is 12.7 Å². The summed E-state index contributed by atoms with van der Waals surface area (Å²) in [6.45, 7) is 2.53. The first-order valence-corrected chi connectivity index (χ1v) is 7.11. The minimum absolute atomic E-state index is 0.0806. The van der Waals surface area contributed by atoms with E-state index in [0.717, 1.165) is 12.8 Å². The highest BCUT2D eigenvalue weighted by Crippen LogP contribution is 2.39. The summed E-state index contributed by atoms with van der Waals surface area (Å²) in [5, 5.41) is -0.0806. The van der Waals surface area contributed by atoms with Crippen molar-refractivity contribution in [2.24, 2.45) is 5.41 Å². The molecule has 17 heavy (non-hydrogen) atoms. The van der Waals surface area contributed by atoms with Gasteiger partial charge in [-0.3, -0.25) is 0 Å². The molecule has 0 spiro atoms. The molecule has 1 fully saturated rings. The van der Waals surface area contributed by atoms with Gasteiger partial charge in [0.25, 0.3) is 10.0 Å². The van der Waals surface area contributed by atoms with Gasteiger partial charge in [-0.15, -0.1) is 0 Å².